The molecule has 2 aromatic rings. The Morgan fingerprint density at radius 1 is 0.879 bits per heavy atom. The van der Waals surface area contributed by atoms with E-state index < -0.39 is 17.5 Å². The van der Waals surface area contributed by atoms with Crippen molar-refractivity contribution in [3.8, 4) is 11.5 Å². The number of hydrogen-bond donors (Lipinski definition) is 2. The molecule has 3 rings (SSSR count). The van der Waals surface area contributed by atoms with Crippen molar-refractivity contribution in [1.82, 2.24) is 15.1 Å². The molecule has 33 heavy (non-hydrogen) atoms. The van der Waals surface area contributed by atoms with Crippen LogP contribution in [-0.4, -0.2) is 75.1 Å². The molecule has 0 atom stereocenters. The zero-order valence-corrected chi connectivity index (χ0v) is 18.7. The molecule has 0 radical (unpaired) electrons. The van der Waals surface area contributed by atoms with Crippen molar-refractivity contribution in [3.05, 3.63) is 53.6 Å². The van der Waals surface area contributed by atoms with E-state index in [1.807, 2.05) is 23.1 Å². The number of rotatable bonds is 9. The molecule has 2 aromatic carbocycles. The van der Waals surface area contributed by atoms with E-state index in [0.717, 1.165) is 50.4 Å². The number of ether oxygens (including phenoxy) is 2. The lowest BCUT2D eigenvalue weighted by molar-refractivity contribution is -0.125. The monoisotopic (exact) mass is 462 g/mol. The summed E-state index contributed by atoms with van der Waals surface area (Å²) in [5, 5.41) is 4.97. The molecule has 0 aliphatic carbocycles. The highest BCUT2D eigenvalue weighted by molar-refractivity contribution is 5.94. The molecule has 2 N–H and O–H groups in total. The van der Waals surface area contributed by atoms with Gasteiger partial charge < -0.3 is 20.1 Å². The summed E-state index contributed by atoms with van der Waals surface area (Å²) in [7, 11) is 3.21. The standard InChI is InChI=1S/C23H28F2N4O4/c1-32-20-6-3-16(11-21(20)33-2)14-28-7-9-29(10-8-28)15-23(31)26-13-22(30)27-17-4-5-18(24)19(25)12-17/h3-6,11-12H,7-10,13-15H2,1-2H3,(H,26,31)(H,27,30). The number of anilines is 1. The van der Waals surface area contributed by atoms with Crippen molar-refractivity contribution in [1.29, 1.82) is 0 Å². The Hall–Kier alpha value is -3.24. The Balaban J connectivity index is 1.37. The molecule has 0 aromatic heterocycles. The largest absolute Gasteiger partial charge is 0.493 e. The van der Waals surface area contributed by atoms with Crippen LogP contribution >= 0.6 is 0 Å². The van der Waals surface area contributed by atoms with Crippen LogP contribution < -0.4 is 20.1 Å². The van der Waals surface area contributed by atoms with Crippen LogP contribution in [0.5, 0.6) is 11.5 Å². The highest BCUT2D eigenvalue weighted by atomic mass is 19.2. The third-order valence-corrected chi connectivity index (χ3v) is 5.34. The van der Waals surface area contributed by atoms with E-state index in [4.69, 9.17) is 9.47 Å². The van der Waals surface area contributed by atoms with Gasteiger partial charge >= 0.3 is 0 Å². The summed E-state index contributed by atoms with van der Waals surface area (Å²) in [6.07, 6.45) is 0. The Bertz CT molecular complexity index is 981. The fourth-order valence-electron chi connectivity index (χ4n) is 3.56. The summed E-state index contributed by atoms with van der Waals surface area (Å²) < 4.78 is 36.8. The van der Waals surface area contributed by atoms with Crippen LogP contribution in [0.1, 0.15) is 5.56 Å². The van der Waals surface area contributed by atoms with Crippen molar-refractivity contribution in [2.75, 3.05) is 58.8 Å². The molecule has 0 unspecified atom stereocenters. The normalized spacial score (nSPS) is 14.5. The van der Waals surface area contributed by atoms with E-state index in [-0.39, 0.29) is 24.7 Å². The minimum Gasteiger partial charge on any atom is -0.493 e. The van der Waals surface area contributed by atoms with Crippen molar-refractivity contribution in [2.45, 2.75) is 6.54 Å². The number of nitrogens with zero attached hydrogens (tertiary/aromatic N) is 2. The van der Waals surface area contributed by atoms with E-state index in [1.54, 1.807) is 14.2 Å². The van der Waals surface area contributed by atoms with Crippen LogP contribution in [0.2, 0.25) is 0 Å². The van der Waals surface area contributed by atoms with E-state index in [1.165, 1.54) is 6.07 Å². The molecular weight excluding hydrogens is 434 g/mol. The van der Waals surface area contributed by atoms with Gasteiger partial charge in [0.25, 0.3) is 0 Å². The van der Waals surface area contributed by atoms with E-state index >= 15 is 0 Å². The second-order valence-electron chi connectivity index (χ2n) is 7.70. The maximum atomic E-state index is 13.2. The number of benzene rings is 2. The number of methoxy groups -OCH3 is 2. The average molecular weight is 462 g/mol. The first-order valence-electron chi connectivity index (χ1n) is 10.5. The van der Waals surface area contributed by atoms with E-state index in [2.05, 4.69) is 15.5 Å². The number of carbonyl (C=O) groups is 2. The lowest BCUT2D eigenvalue weighted by Crippen LogP contribution is -2.49. The van der Waals surface area contributed by atoms with Crippen LogP contribution in [0.25, 0.3) is 0 Å². The fourth-order valence-corrected chi connectivity index (χ4v) is 3.56. The predicted octanol–water partition coefficient (Wildman–Crippen LogP) is 1.85. The second kappa shape index (κ2) is 11.6. The van der Waals surface area contributed by atoms with Crippen LogP contribution in [0.15, 0.2) is 36.4 Å². The highest BCUT2D eigenvalue weighted by Crippen LogP contribution is 2.28. The molecule has 1 heterocycles. The highest BCUT2D eigenvalue weighted by Gasteiger charge is 2.20. The first-order chi connectivity index (χ1) is 15.9. The molecule has 1 aliphatic heterocycles. The van der Waals surface area contributed by atoms with Gasteiger partial charge in [-0.05, 0) is 29.8 Å². The number of hydrogen-bond acceptors (Lipinski definition) is 6. The third kappa shape index (κ3) is 7.13. The van der Waals surface area contributed by atoms with Crippen molar-refractivity contribution in [2.24, 2.45) is 0 Å². The molecule has 1 fully saturated rings. The van der Waals surface area contributed by atoms with Crippen LogP contribution in [-0.2, 0) is 16.1 Å². The Morgan fingerprint density at radius 3 is 2.24 bits per heavy atom. The summed E-state index contributed by atoms with van der Waals surface area (Å²) >= 11 is 0. The summed E-state index contributed by atoms with van der Waals surface area (Å²) in [5.41, 5.74) is 1.24. The third-order valence-electron chi connectivity index (χ3n) is 5.34. The molecule has 10 heteroatoms. The Kier molecular flexibility index (Phi) is 8.56. The van der Waals surface area contributed by atoms with Gasteiger partial charge in [-0.15, -0.1) is 0 Å². The fraction of sp³-hybridized carbons (Fsp3) is 0.391. The summed E-state index contributed by atoms with van der Waals surface area (Å²) in [4.78, 5) is 28.4. The van der Waals surface area contributed by atoms with Crippen LogP contribution in [0.3, 0.4) is 0 Å². The first-order valence-corrected chi connectivity index (χ1v) is 10.5. The SMILES string of the molecule is COc1ccc(CN2CCN(CC(=O)NCC(=O)Nc3ccc(F)c(F)c3)CC2)cc1OC. The van der Waals surface area contributed by atoms with Crippen LogP contribution in [0.4, 0.5) is 14.5 Å². The smallest absolute Gasteiger partial charge is 0.243 e. The van der Waals surface area contributed by atoms with Gasteiger partial charge in [0.15, 0.2) is 23.1 Å². The van der Waals surface area contributed by atoms with Gasteiger partial charge in [-0.2, -0.15) is 0 Å². The summed E-state index contributed by atoms with van der Waals surface area (Å²) in [6.45, 7) is 3.75. The maximum Gasteiger partial charge on any atom is 0.243 e. The molecule has 0 spiro atoms. The number of nitrogens with one attached hydrogen (secondary N) is 2. The van der Waals surface area contributed by atoms with Crippen molar-refractivity contribution >= 4 is 17.5 Å². The lowest BCUT2D eigenvalue weighted by atomic mass is 10.1. The number of carbonyl (C=O) groups excluding carboxylic acids is 2. The summed E-state index contributed by atoms with van der Waals surface area (Å²) in [5.74, 6) is -1.46. The lowest BCUT2D eigenvalue weighted by Gasteiger charge is -2.34. The maximum absolute atomic E-state index is 13.2. The average Bonchev–Trinajstić information content (AvgIpc) is 2.81. The van der Waals surface area contributed by atoms with Gasteiger partial charge in [0.1, 0.15) is 0 Å². The molecule has 178 valence electrons. The van der Waals surface area contributed by atoms with Crippen molar-refractivity contribution in [3.63, 3.8) is 0 Å². The van der Waals surface area contributed by atoms with Gasteiger partial charge in [-0.3, -0.25) is 19.4 Å². The number of piperazine rings is 1. The van der Waals surface area contributed by atoms with Gasteiger partial charge in [-0.25, -0.2) is 8.78 Å². The summed E-state index contributed by atoms with van der Waals surface area (Å²) in [6, 6.07) is 8.92. The second-order valence-corrected chi connectivity index (χ2v) is 7.70. The quantitative estimate of drug-likeness (QED) is 0.592. The van der Waals surface area contributed by atoms with Gasteiger partial charge in [0.05, 0.1) is 27.3 Å². The topological polar surface area (TPSA) is 83.1 Å². The van der Waals surface area contributed by atoms with Gasteiger partial charge in [0, 0.05) is 44.5 Å². The van der Waals surface area contributed by atoms with E-state index in [0.29, 0.717) is 11.5 Å². The molecule has 1 aliphatic rings. The van der Waals surface area contributed by atoms with E-state index in [9.17, 15) is 18.4 Å². The zero-order chi connectivity index (χ0) is 23.8. The Labute approximate surface area is 191 Å². The Morgan fingerprint density at radius 2 is 1.58 bits per heavy atom. The number of halogens is 2. The minimum absolute atomic E-state index is 0.124. The molecule has 0 bridgehead atoms. The molecule has 0 saturated carbocycles. The first kappa shape index (κ1) is 24.4. The molecule has 1 saturated heterocycles. The predicted molar refractivity (Wildman–Crippen MR) is 119 cm³/mol. The van der Waals surface area contributed by atoms with Crippen molar-refractivity contribution < 1.29 is 27.8 Å². The zero-order valence-electron chi connectivity index (χ0n) is 18.7. The molecular formula is C23H28F2N4O4. The van der Waals surface area contributed by atoms with Gasteiger partial charge in [-0.1, -0.05) is 6.07 Å². The van der Waals surface area contributed by atoms with Gasteiger partial charge in [0.2, 0.25) is 11.8 Å². The molecule has 2 amide bonds. The van der Waals surface area contributed by atoms with Crippen LogP contribution in [0, 0.1) is 11.6 Å². The number of amides is 2. The minimum atomic E-state index is -1.05. The molecule has 8 nitrogen and oxygen atoms in total.